The van der Waals surface area contributed by atoms with E-state index in [2.05, 4.69) is 12.3 Å². The Kier molecular flexibility index (Phi) is 4.70. The van der Waals surface area contributed by atoms with Crippen LogP contribution < -0.4 is 4.74 Å². The third-order valence-electron chi connectivity index (χ3n) is 3.52. The predicted octanol–water partition coefficient (Wildman–Crippen LogP) is 4.38. The minimum atomic E-state index is -0.146. The molecule has 0 radical (unpaired) electrons. The lowest BCUT2D eigenvalue weighted by Gasteiger charge is -2.18. The van der Waals surface area contributed by atoms with Gasteiger partial charge in [-0.15, -0.1) is 11.8 Å². The number of carbonyl (C=O) groups is 1. The normalized spacial score (nSPS) is 15.9. The number of esters is 1. The van der Waals surface area contributed by atoms with Gasteiger partial charge >= 0.3 is 5.97 Å². The maximum absolute atomic E-state index is 11.5. The number of hydrogen-bond donors (Lipinski definition) is 0. The second-order valence-corrected chi connectivity index (χ2v) is 5.53. The molecule has 0 aliphatic heterocycles. The van der Waals surface area contributed by atoms with Crippen molar-refractivity contribution >= 4 is 17.7 Å². The van der Waals surface area contributed by atoms with Gasteiger partial charge in [0.25, 0.3) is 0 Å². The monoisotopic (exact) mass is 264 g/mol. The molecule has 1 saturated carbocycles. The highest BCUT2D eigenvalue weighted by atomic mass is 32.2. The zero-order valence-corrected chi connectivity index (χ0v) is 11.9. The molecule has 0 aromatic heterocycles. The molecular weight excluding hydrogens is 244 g/mol. The Morgan fingerprint density at radius 2 is 2.11 bits per heavy atom. The zero-order valence-electron chi connectivity index (χ0n) is 11.1. The van der Waals surface area contributed by atoms with Crippen LogP contribution in [-0.2, 0) is 4.79 Å². The van der Waals surface area contributed by atoms with Gasteiger partial charge in [-0.1, -0.05) is 25.8 Å². The highest BCUT2D eigenvalue weighted by Gasteiger charge is 2.24. The number of thioether (sulfide) groups is 1. The molecule has 0 spiro atoms. The van der Waals surface area contributed by atoms with Crippen LogP contribution in [0.1, 0.15) is 50.5 Å². The number of benzene rings is 1. The summed E-state index contributed by atoms with van der Waals surface area (Å²) in [6.45, 7) is 1.83. The van der Waals surface area contributed by atoms with E-state index in [1.165, 1.54) is 36.1 Å². The summed E-state index contributed by atoms with van der Waals surface area (Å²) < 4.78 is 5.50. The van der Waals surface area contributed by atoms with Crippen LogP contribution >= 0.6 is 11.8 Å². The van der Waals surface area contributed by atoms with Crippen molar-refractivity contribution < 1.29 is 9.53 Å². The van der Waals surface area contributed by atoms with E-state index in [9.17, 15) is 4.79 Å². The van der Waals surface area contributed by atoms with Crippen molar-refractivity contribution in [2.45, 2.75) is 49.8 Å². The van der Waals surface area contributed by atoms with E-state index in [1.54, 1.807) is 11.8 Å². The standard InChI is InChI=1S/C15H20O2S/c1-3-14(16)17-12-9-6-10-13(18-2)15(12)11-7-4-5-8-11/h6,9-11H,3-5,7-8H2,1-2H3. The van der Waals surface area contributed by atoms with Crippen LogP contribution in [-0.4, -0.2) is 12.2 Å². The topological polar surface area (TPSA) is 26.3 Å². The van der Waals surface area contributed by atoms with E-state index in [0.29, 0.717) is 12.3 Å². The molecule has 2 nitrogen and oxygen atoms in total. The molecule has 1 aliphatic rings. The minimum Gasteiger partial charge on any atom is -0.426 e. The van der Waals surface area contributed by atoms with E-state index in [0.717, 1.165) is 5.75 Å². The lowest BCUT2D eigenvalue weighted by molar-refractivity contribution is -0.134. The Labute approximate surface area is 113 Å². The second-order valence-electron chi connectivity index (χ2n) is 4.68. The first-order valence-corrected chi connectivity index (χ1v) is 7.86. The Hall–Kier alpha value is -0.960. The third-order valence-corrected chi connectivity index (χ3v) is 4.32. The van der Waals surface area contributed by atoms with Gasteiger partial charge in [-0.25, -0.2) is 0 Å². The largest absolute Gasteiger partial charge is 0.426 e. The van der Waals surface area contributed by atoms with Crippen LogP contribution in [0.5, 0.6) is 5.75 Å². The molecule has 0 atom stereocenters. The highest BCUT2D eigenvalue weighted by Crippen LogP contribution is 2.43. The quantitative estimate of drug-likeness (QED) is 0.458. The maximum Gasteiger partial charge on any atom is 0.310 e. The molecule has 2 rings (SSSR count). The maximum atomic E-state index is 11.5. The molecule has 0 amide bonds. The summed E-state index contributed by atoms with van der Waals surface area (Å²) in [7, 11) is 0. The molecule has 0 saturated heterocycles. The Bertz CT molecular complexity index is 423. The van der Waals surface area contributed by atoms with Gasteiger partial charge in [0.05, 0.1) is 0 Å². The van der Waals surface area contributed by atoms with Gasteiger partial charge < -0.3 is 4.74 Å². The summed E-state index contributed by atoms with van der Waals surface area (Å²) in [5, 5.41) is 0. The Morgan fingerprint density at radius 1 is 1.39 bits per heavy atom. The highest BCUT2D eigenvalue weighted by molar-refractivity contribution is 7.98. The predicted molar refractivity (Wildman–Crippen MR) is 75.4 cm³/mol. The van der Waals surface area contributed by atoms with E-state index >= 15 is 0 Å². The van der Waals surface area contributed by atoms with E-state index < -0.39 is 0 Å². The molecule has 1 aliphatic carbocycles. The molecule has 0 bridgehead atoms. The number of carbonyl (C=O) groups excluding carboxylic acids is 1. The molecule has 18 heavy (non-hydrogen) atoms. The number of ether oxygens (including phenoxy) is 1. The average molecular weight is 264 g/mol. The van der Waals surface area contributed by atoms with Gasteiger partial charge in [0, 0.05) is 16.9 Å². The molecule has 98 valence electrons. The average Bonchev–Trinajstić information content (AvgIpc) is 2.91. The molecule has 1 aromatic carbocycles. The van der Waals surface area contributed by atoms with Crippen molar-refractivity contribution in [3.05, 3.63) is 23.8 Å². The van der Waals surface area contributed by atoms with Crippen LogP contribution in [0.3, 0.4) is 0 Å². The summed E-state index contributed by atoms with van der Waals surface area (Å²) in [5.74, 6) is 1.20. The van der Waals surface area contributed by atoms with Crippen LogP contribution in [0.15, 0.2) is 23.1 Å². The zero-order chi connectivity index (χ0) is 13.0. The Morgan fingerprint density at radius 3 is 2.72 bits per heavy atom. The number of rotatable bonds is 4. The smallest absolute Gasteiger partial charge is 0.310 e. The van der Waals surface area contributed by atoms with Crippen molar-refractivity contribution in [2.75, 3.05) is 6.26 Å². The van der Waals surface area contributed by atoms with Crippen LogP contribution in [0.25, 0.3) is 0 Å². The van der Waals surface area contributed by atoms with Gasteiger partial charge in [-0.05, 0) is 37.1 Å². The van der Waals surface area contributed by atoms with Gasteiger partial charge in [-0.3, -0.25) is 4.79 Å². The molecule has 1 fully saturated rings. The molecular formula is C15H20O2S. The van der Waals surface area contributed by atoms with Crippen LogP contribution in [0.4, 0.5) is 0 Å². The van der Waals surface area contributed by atoms with Crippen LogP contribution in [0.2, 0.25) is 0 Å². The fourth-order valence-electron chi connectivity index (χ4n) is 2.60. The first-order valence-electron chi connectivity index (χ1n) is 6.63. The lowest BCUT2D eigenvalue weighted by Crippen LogP contribution is -2.09. The fourth-order valence-corrected chi connectivity index (χ4v) is 3.30. The fraction of sp³-hybridized carbons (Fsp3) is 0.533. The molecule has 3 heteroatoms. The summed E-state index contributed by atoms with van der Waals surface area (Å²) >= 11 is 1.74. The molecule has 0 heterocycles. The van der Waals surface area contributed by atoms with Gasteiger partial charge in [0.1, 0.15) is 5.75 Å². The first kappa shape index (κ1) is 13.5. The minimum absolute atomic E-state index is 0.146. The number of hydrogen-bond acceptors (Lipinski definition) is 3. The lowest BCUT2D eigenvalue weighted by atomic mass is 9.96. The van der Waals surface area contributed by atoms with Gasteiger partial charge in [0.15, 0.2) is 0 Å². The van der Waals surface area contributed by atoms with Crippen molar-refractivity contribution in [1.82, 2.24) is 0 Å². The van der Waals surface area contributed by atoms with E-state index in [4.69, 9.17) is 4.74 Å². The SMILES string of the molecule is CCC(=O)Oc1cccc(SC)c1C1CCCC1. The van der Waals surface area contributed by atoms with E-state index in [1.807, 2.05) is 19.1 Å². The first-order chi connectivity index (χ1) is 8.76. The summed E-state index contributed by atoms with van der Waals surface area (Å²) in [6, 6.07) is 6.03. The second kappa shape index (κ2) is 6.28. The molecule has 0 unspecified atom stereocenters. The van der Waals surface area contributed by atoms with Crippen molar-refractivity contribution in [3.8, 4) is 5.75 Å². The molecule has 0 N–H and O–H groups in total. The van der Waals surface area contributed by atoms with Crippen molar-refractivity contribution in [3.63, 3.8) is 0 Å². The molecule has 1 aromatic rings. The summed E-state index contributed by atoms with van der Waals surface area (Å²) in [5.41, 5.74) is 1.25. The van der Waals surface area contributed by atoms with E-state index in [-0.39, 0.29) is 5.97 Å². The van der Waals surface area contributed by atoms with Gasteiger partial charge in [-0.2, -0.15) is 0 Å². The third kappa shape index (κ3) is 2.89. The van der Waals surface area contributed by atoms with Crippen molar-refractivity contribution in [1.29, 1.82) is 0 Å². The van der Waals surface area contributed by atoms with Crippen LogP contribution in [0, 0.1) is 0 Å². The summed E-state index contributed by atoms with van der Waals surface area (Å²) in [6.07, 6.45) is 7.51. The Balaban J connectivity index is 2.34. The summed E-state index contributed by atoms with van der Waals surface area (Å²) in [4.78, 5) is 12.8. The van der Waals surface area contributed by atoms with Gasteiger partial charge in [0.2, 0.25) is 0 Å². The van der Waals surface area contributed by atoms with Crippen molar-refractivity contribution in [2.24, 2.45) is 0 Å².